The Balaban J connectivity index is 3.95. The van der Waals surface area contributed by atoms with Crippen LogP contribution in [0, 0.1) is 5.92 Å². The third-order valence-corrected chi connectivity index (χ3v) is 5.06. The lowest BCUT2D eigenvalue weighted by atomic mass is 9.99. The maximum absolute atomic E-state index is 5.48. The van der Waals surface area contributed by atoms with Gasteiger partial charge in [0.2, 0.25) is 0 Å². The van der Waals surface area contributed by atoms with Crippen molar-refractivity contribution in [2.45, 2.75) is 65.7 Å². The van der Waals surface area contributed by atoms with Gasteiger partial charge in [0.15, 0.2) is 0 Å². The van der Waals surface area contributed by atoms with Crippen LogP contribution in [-0.2, 0) is 0 Å². The van der Waals surface area contributed by atoms with E-state index in [4.69, 9.17) is 12.2 Å². The summed E-state index contributed by atoms with van der Waals surface area (Å²) in [5.41, 5.74) is 0. The van der Waals surface area contributed by atoms with Crippen LogP contribution in [0.2, 0.25) is 0 Å². The summed E-state index contributed by atoms with van der Waals surface area (Å²) in [4.78, 5) is 2.24. The van der Waals surface area contributed by atoms with Gasteiger partial charge in [-0.15, -0.1) is 0 Å². The van der Waals surface area contributed by atoms with Crippen LogP contribution in [0.15, 0.2) is 0 Å². The quantitative estimate of drug-likeness (QED) is 0.472. The zero-order chi connectivity index (χ0) is 14.7. The van der Waals surface area contributed by atoms with Gasteiger partial charge in [-0.05, 0) is 39.7 Å². The van der Waals surface area contributed by atoms with Crippen molar-refractivity contribution in [3.63, 3.8) is 0 Å². The van der Waals surface area contributed by atoms with Gasteiger partial charge in [0.25, 0.3) is 0 Å². The molecule has 0 aromatic rings. The fourth-order valence-electron chi connectivity index (χ4n) is 2.03. The fourth-order valence-corrected chi connectivity index (χ4v) is 3.61. The van der Waals surface area contributed by atoms with Gasteiger partial charge in [0.05, 0.1) is 5.37 Å². The third-order valence-electron chi connectivity index (χ3n) is 3.54. The van der Waals surface area contributed by atoms with Crippen LogP contribution in [0.3, 0.4) is 0 Å². The van der Waals surface area contributed by atoms with E-state index in [1.165, 1.54) is 25.7 Å². The normalized spacial score (nSPS) is 14.2. The number of thioether (sulfide) groups is 1. The van der Waals surface area contributed by atoms with Crippen molar-refractivity contribution < 1.29 is 0 Å². The molecular weight excluding hydrogens is 272 g/mol. The van der Waals surface area contributed by atoms with Gasteiger partial charge in [-0.25, -0.2) is 0 Å². The van der Waals surface area contributed by atoms with Crippen LogP contribution in [0.4, 0.5) is 0 Å². The molecule has 114 valence electrons. The molecule has 4 heteroatoms. The summed E-state index contributed by atoms with van der Waals surface area (Å²) in [6.45, 7) is 14.2. The topological polar surface area (TPSA) is 15.3 Å². The molecule has 0 rings (SSSR count). The standard InChI is InChI=1S/C15H32N2S2/c1-6-10-11-14(7-2)12-16-13(5)19-15(18)17(8-3)9-4/h13-14,16H,6-12H2,1-5H3. The zero-order valence-electron chi connectivity index (χ0n) is 13.4. The van der Waals surface area contributed by atoms with Gasteiger partial charge in [-0.1, -0.05) is 57.1 Å². The molecule has 0 amide bonds. The second-order valence-corrected chi connectivity index (χ2v) is 7.00. The molecule has 2 atom stereocenters. The highest BCUT2D eigenvalue weighted by molar-refractivity contribution is 8.23. The van der Waals surface area contributed by atoms with Crippen molar-refractivity contribution in [1.82, 2.24) is 10.2 Å². The van der Waals surface area contributed by atoms with E-state index >= 15 is 0 Å². The minimum atomic E-state index is 0.406. The molecule has 0 aliphatic rings. The molecule has 0 aromatic heterocycles. The average Bonchev–Trinajstić information content (AvgIpc) is 2.40. The monoisotopic (exact) mass is 304 g/mol. The Kier molecular flexibility index (Phi) is 12.1. The molecule has 0 aliphatic carbocycles. The molecule has 0 spiro atoms. The highest BCUT2D eigenvalue weighted by Gasteiger charge is 2.12. The second-order valence-electron chi connectivity index (χ2n) is 5.02. The molecule has 0 saturated carbocycles. The minimum Gasteiger partial charge on any atom is -0.358 e. The van der Waals surface area contributed by atoms with E-state index in [-0.39, 0.29) is 0 Å². The van der Waals surface area contributed by atoms with Crippen molar-refractivity contribution in [1.29, 1.82) is 0 Å². The van der Waals surface area contributed by atoms with Crippen molar-refractivity contribution in [2.75, 3.05) is 19.6 Å². The van der Waals surface area contributed by atoms with Crippen LogP contribution in [0.1, 0.15) is 60.3 Å². The fraction of sp³-hybridized carbons (Fsp3) is 0.933. The smallest absolute Gasteiger partial charge is 0.137 e. The summed E-state index contributed by atoms with van der Waals surface area (Å²) in [6.07, 6.45) is 5.26. The molecule has 0 aliphatic heterocycles. The van der Waals surface area contributed by atoms with E-state index in [1.807, 2.05) is 0 Å². The number of unbranched alkanes of at least 4 members (excludes halogenated alkanes) is 1. The van der Waals surface area contributed by atoms with Gasteiger partial charge < -0.3 is 10.2 Å². The molecule has 0 heterocycles. The predicted octanol–water partition coefficient (Wildman–Crippen LogP) is 4.50. The Bertz CT molecular complexity index is 230. The highest BCUT2D eigenvalue weighted by atomic mass is 32.2. The lowest BCUT2D eigenvalue weighted by Crippen LogP contribution is -2.33. The van der Waals surface area contributed by atoms with E-state index in [9.17, 15) is 0 Å². The average molecular weight is 305 g/mol. The lowest BCUT2D eigenvalue weighted by Gasteiger charge is -2.24. The van der Waals surface area contributed by atoms with Gasteiger partial charge in [0.1, 0.15) is 4.32 Å². The van der Waals surface area contributed by atoms with Gasteiger partial charge in [-0.2, -0.15) is 0 Å². The van der Waals surface area contributed by atoms with Crippen molar-refractivity contribution in [3.8, 4) is 0 Å². The maximum atomic E-state index is 5.48. The molecule has 0 saturated heterocycles. The number of nitrogens with zero attached hydrogens (tertiary/aromatic N) is 1. The summed E-state index contributed by atoms with van der Waals surface area (Å²) < 4.78 is 1.02. The van der Waals surface area contributed by atoms with Crippen LogP contribution in [0.25, 0.3) is 0 Å². The van der Waals surface area contributed by atoms with Crippen molar-refractivity contribution >= 4 is 28.3 Å². The van der Waals surface area contributed by atoms with Crippen LogP contribution < -0.4 is 5.32 Å². The number of nitrogens with one attached hydrogen (secondary N) is 1. The number of hydrogen-bond acceptors (Lipinski definition) is 3. The van der Waals surface area contributed by atoms with E-state index in [2.05, 4.69) is 44.8 Å². The molecular formula is C15H32N2S2. The first-order valence-corrected chi connectivity index (χ1v) is 9.06. The second kappa shape index (κ2) is 12.0. The first-order chi connectivity index (χ1) is 9.08. The third kappa shape index (κ3) is 8.87. The largest absolute Gasteiger partial charge is 0.358 e. The number of rotatable bonds is 10. The van der Waals surface area contributed by atoms with Gasteiger partial charge in [-0.3, -0.25) is 0 Å². The Labute approximate surface area is 130 Å². The van der Waals surface area contributed by atoms with Gasteiger partial charge >= 0.3 is 0 Å². The predicted molar refractivity (Wildman–Crippen MR) is 93.9 cm³/mol. The molecule has 0 bridgehead atoms. The molecule has 0 aromatic carbocycles. The molecule has 0 radical (unpaired) electrons. The maximum Gasteiger partial charge on any atom is 0.137 e. The van der Waals surface area contributed by atoms with Crippen LogP contribution in [-0.4, -0.2) is 34.2 Å². The van der Waals surface area contributed by atoms with E-state index in [0.29, 0.717) is 5.37 Å². The Morgan fingerprint density at radius 2 is 1.84 bits per heavy atom. The van der Waals surface area contributed by atoms with Gasteiger partial charge in [0, 0.05) is 13.1 Å². The minimum absolute atomic E-state index is 0.406. The summed E-state index contributed by atoms with van der Waals surface area (Å²) in [5, 5.41) is 4.03. The lowest BCUT2D eigenvalue weighted by molar-refractivity contribution is 0.419. The summed E-state index contributed by atoms with van der Waals surface area (Å²) in [5.74, 6) is 0.810. The number of thiocarbonyl (C=S) groups is 1. The zero-order valence-corrected chi connectivity index (χ0v) is 15.0. The number of hydrogen-bond donors (Lipinski definition) is 1. The highest BCUT2D eigenvalue weighted by Crippen LogP contribution is 2.16. The molecule has 2 nitrogen and oxygen atoms in total. The first-order valence-electron chi connectivity index (χ1n) is 7.77. The summed E-state index contributed by atoms with van der Waals surface area (Å²) >= 11 is 7.26. The SMILES string of the molecule is CCCCC(CC)CNC(C)SC(=S)N(CC)CC. The van der Waals surface area contributed by atoms with Crippen LogP contribution >= 0.6 is 24.0 Å². The van der Waals surface area contributed by atoms with Crippen molar-refractivity contribution in [3.05, 3.63) is 0 Å². The summed E-state index contributed by atoms with van der Waals surface area (Å²) in [7, 11) is 0. The summed E-state index contributed by atoms with van der Waals surface area (Å²) in [6, 6.07) is 0. The van der Waals surface area contributed by atoms with Crippen LogP contribution in [0.5, 0.6) is 0 Å². The Morgan fingerprint density at radius 3 is 2.32 bits per heavy atom. The first kappa shape index (κ1) is 19.2. The van der Waals surface area contributed by atoms with Crippen molar-refractivity contribution in [2.24, 2.45) is 5.92 Å². The Morgan fingerprint density at radius 1 is 1.21 bits per heavy atom. The molecule has 1 N–H and O–H groups in total. The molecule has 19 heavy (non-hydrogen) atoms. The van der Waals surface area contributed by atoms with E-state index in [0.717, 1.165) is 29.9 Å². The molecule has 0 fully saturated rings. The Hall–Kier alpha value is 0.200. The van der Waals surface area contributed by atoms with E-state index < -0.39 is 0 Å². The molecule has 2 unspecified atom stereocenters. The van der Waals surface area contributed by atoms with E-state index in [1.54, 1.807) is 11.8 Å².